The van der Waals surface area contributed by atoms with E-state index in [4.69, 9.17) is 4.42 Å². The monoisotopic (exact) mass is 311 g/mol. The van der Waals surface area contributed by atoms with Gasteiger partial charge in [-0.2, -0.15) is 0 Å². The number of oxazole rings is 1. The minimum absolute atomic E-state index is 0.0775. The van der Waals surface area contributed by atoms with Gasteiger partial charge in [-0.05, 0) is 37.0 Å². The lowest BCUT2D eigenvalue weighted by Gasteiger charge is -2.00. The number of hydrogen-bond acceptors (Lipinski definition) is 3. The van der Waals surface area contributed by atoms with E-state index in [1.807, 2.05) is 18.2 Å². The number of carbonyl (C=O) groups is 1. The lowest BCUT2D eigenvalue weighted by Crippen LogP contribution is -1.99. The number of aromatic nitrogens is 1. The molecule has 3 nitrogen and oxygen atoms in total. The second-order valence-corrected chi connectivity index (χ2v) is 5.60. The van der Waals surface area contributed by atoms with Crippen molar-refractivity contribution in [2.45, 2.75) is 32.1 Å². The first-order valence-electron chi connectivity index (χ1n) is 7.85. The van der Waals surface area contributed by atoms with Crippen LogP contribution in [0.25, 0.3) is 11.1 Å². The molecule has 3 aromatic rings. The quantitative estimate of drug-likeness (QED) is 0.458. The summed E-state index contributed by atoms with van der Waals surface area (Å²) in [6, 6.07) is 14.4. The van der Waals surface area contributed by atoms with Crippen LogP contribution in [0.2, 0.25) is 0 Å². The van der Waals surface area contributed by atoms with Crippen molar-refractivity contribution in [3.63, 3.8) is 0 Å². The van der Waals surface area contributed by atoms with E-state index in [0.29, 0.717) is 17.5 Å². The molecule has 1 aromatic heterocycles. The van der Waals surface area contributed by atoms with Gasteiger partial charge in [-0.3, -0.25) is 4.79 Å². The van der Waals surface area contributed by atoms with E-state index in [1.54, 1.807) is 0 Å². The first kappa shape index (κ1) is 15.4. The number of nitrogens with zero attached hydrogens (tertiary/aromatic N) is 1. The van der Waals surface area contributed by atoms with Gasteiger partial charge in [-0.1, -0.05) is 36.8 Å². The molecule has 0 aliphatic rings. The van der Waals surface area contributed by atoms with Gasteiger partial charge in [0.2, 0.25) is 5.78 Å². The molecule has 0 bridgehead atoms. The van der Waals surface area contributed by atoms with Crippen molar-refractivity contribution >= 4 is 16.9 Å². The van der Waals surface area contributed by atoms with Gasteiger partial charge in [0.1, 0.15) is 11.3 Å². The summed E-state index contributed by atoms with van der Waals surface area (Å²) >= 11 is 0. The second kappa shape index (κ2) is 7.18. The van der Waals surface area contributed by atoms with E-state index >= 15 is 0 Å². The maximum Gasteiger partial charge on any atom is 0.264 e. The van der Waals surface area contributed by atoms with Crippen molar-refractivity contribution < 1.29 is 13.6 Å². The minimum atomic E-state index is -0.395. The molecule has 2 aromatic carbocycles. The van der Waals surface area contributed by atoms with Crippen LogP contribution in [0.1, 0.15) is 41.9 Å². The van der Waals surface area contributed by atoms with Crippen LogP contribution in [0.4, 0.5) is 4.39 Å². The Morgan fingerprint density at radius 2 is 1.87 bits per heavy atom. The molecular weight excluding hydrogens is 293 g/mol. The molecule has 3 rings (SSSR count). The summed E-state index contributed by atoms with van der Waals surface area (Å²) in [5, 5.41) is 0. The average molecular weight is 311 g/mol. The molecule has 0 radical (unpaired) electrons. The Bertz CT molecular complexity index is 795. The number of hydrogen-bond donors (Lipinski definition) is 0. The number of carbonyl (C=O) groups excluding carboxylic acids is 1. The van der Waals surface area contributed by atoms with Crippen LogP contribution in [0.3, 0.4) is 0 Å². The summed E-state index contributed by atoms with van der Waals surface area (Å²) in [6.07, 6.45) is 4.27. The highest BCUT2D eigenvalue weighted by atomic mass is 19.1. The third-order valence-electron chi connectivity index (χ3n) is 3.80. The highest BCUT2D eigenvalue weighted by molar-refractivity contribution is 5.94. The molecule has 118 valence electrons. The van der Waals surface area contributed by atoms with E-state index < -0.39 is 5.82 Å². The van der Waals surface area contributed by atoms with E-state index in [-0.39, 0.29) is 11.7 Å². The van der Waals surface area contributed by atoms with Crippen LogP contribution in [-0.2, 0) is 6.42 Å². The van der Waals surface area contributed by atoms with Gasteiger partial charge < -0.3 is 4.42 Å². The molecule has 0 N–H and O–H groups in total. The second-order valence-electron chi connectivity index (χ2n) is 5.60. The molecule has 1 heterocycles. The number of rotatable bonds is 7. The van der Waals surface area contributed by atoms with Gasteiger partial charge in [0.05, 0.1) is 0 Å². The Morgan fingerprint density at radius 1 is 1.04 bits per heavy atom. The average Bonchev–Trinajstić information content (AvgIpc) is 2.98. The fraction of sp³-hybridized carbons (Fsp3) is 0.263. The first-order chi connectivity index (χ1) is 11.2. The van der Waals surface area contributed by atoms with Crippen LogP contribution in [-0.4, -0.2) is 10.8 Å². The van der Waals surface area contributed by atoms with Crippen LogP contribution >= 0.6 is 0 Å². The van der Waals surface area contributed by atoms with Crippen molar-refractivity contribution in [2.75, 3.05) is 0 Å². The SMILES string of the molecule is O=C(CCCCCc1ccccc1)c1nc2ccc(F)cc2o1. The fourth-order valence-electron chi connectivity index (χ4n) is 2.56. The lowest BCUT2D eigenvalue weighted by molar-refractivity contribution is 0.0947. The van der Waals surface area contributed by atoms with Crippen LogP contribution in [0, 0.1) is 5.82 Å². The van der Waals surface area contributed by atoms with Crippen molar-refractivity contribution in [3.05, 3.63) is 65.8 Å². The number of fused-ring (bicyclic) bond motifs is 1. The molecule has 0 saturated heterocycles. The van der Waals surface area contributed by atoms with E-state index in [2.05, 4.69) is 17.1 Å². The highest BCUT2D eigenvalue weighted by Crippen LogP contribution is 2.18. The third kappa shape index (κ3) is 4.03. The molecule has 23 heavy (non-hydrogen) atoms. The molecule has 0 amide bonds. The minimum Gasteiger partial charge on any atom is -0.434 e. The predicted octanol–water partition coefficient (Wildman–Crippen LogP) is 4.95. The third-order valence-corrected chi connectivity index (χ3v) is 3.80. The Morgan fingerprint density at radius 3 is 2.70 bits per heavy atom. The molecule has 0 aliphatic carbocycles. The molecule has 0 saturated carbocycles. The van der Waals surface area contributed by atoms with Crippen molar-refractivity contribution in [3.8, 4) is 0 Å². The molecular formula is C19H18FNO2. The number of benzene rings is 2. The zero-order chi connectivity index (χ0) is 16.1. The van der Waals surface area contributed by atoms with Gasteiger partial charge in [-0.15, -0.1) is 0 Å². The van der Waals surface area contributed by atoms with Crippen LogP contribution < -0.4 is 0 Å². The molecule has 4 heteroatoms. The van der Waals surface area contributed by atoms with E-state index in [9.17, 15) is 9.18 Å². The summed E-state index contributed by atoms with van der Waals surface area (Å²) in [5.74, 6) is -0.441. The Hall–Kier alpha value is -2.49. The van der Waals surface area contributed by atoms with Gasteiger partial charge in [0.15, 0.2) is 5.58 Å². The van der Waals surface area contributed by atoms with Crippen molar-refractivity contribution in [1.29, 1.82) is 0 Å². The lowest BCUT2D eigenvalue weighted by atomic mass is 10.1. The summed E-state index contributed by atoms with van der Waals surface area (Å²) in [5.41, 5.74) is 2.15. The smallest absolute Gasteiger partial charge is 0.264 e. The molecule has 0 aliphatic heterocycles. The number of Topliss-reactive ketones (excluding diaryl/α,β-unsaturated/α-hetero) is 1. The number of ketones is 1. The Labute approximate surface area is 134 Å². The first-order valence-corrected chi connectivity index (χ1v) is 7.85. The summed E-state index contributed by atoms with van der Waals surface area (Å²) in [7, 11) is 0. The van der Waals surface area contributed by atoms with Crippen molar-refractivity contribution in [2.24, 2.45) is 0 Å². The van der Waals surface area contributed by atoms with Gasteiger partial charge in [0, 0.05) is 12.5 Å². The molecule has 0 atom stereocenters. The standard InChI is InChI=1S/C19H18FNO2/c20-15-11-12-16-18(13-15)23-19(21-16)17(22)10-6-2-5-9-14-7-3-1-4-8-14/h1,3-4,7-8,11-13H,2,5-6,9-10H2. The number of unbranched alkanes of at least 4 members (excludes halogenated alkanes) is 2. The maximum absolute atomic E-state index is 13.1. The molecule has 0 fully saturated rings. The van der Waals surface area contributed by atoms with Crippen LogP contribution in [0.15, 0.2) is 52.9 Å². The molecule has 0 spiro atoms. The van der Waals surface area contributed by atoms with Gasteiger partial charge >= 0.3 is 0 Å². The largest absolute Gasteiger partial charge is 0.434 e. The summed E-state index contributed by atoms with van der Waals surface area (Å²) < 4.78 is 18.4. The van der Waals surface area contributed by atoms with E-state index in [0.717, 1.165) is 25.7 Å². The topological polar surface area (TPSA) is 43.1 Å². The number of halogens is 1. The summed E-state index contributed by atoms with van der Waals surface area (Å²) in [4.78, 5) is 16.2. The maximum atomic E-state index is 13.1. The Kier molecular flexibility index (Phi) is 4.81. The zero-order valence-electron chi connectivity index (χ0n) is 12.8. The fourth-order valence-corrected chi connectivity index (χ4v) is 2.56. The number of aryl methyl sites for hydroxylation is 1. The summed E-state index contributed by atoms with van der Waals surface area (Å²) in [6.45, 7) is 0. The normalized spacial score (nSPS) is 11.0. The van der Waals surface area contributed by atoms with Gasteiger partial charge in [-0.25, -0.2) is 9.37 Å². The Balaban J connectivity index is 1.47. The zero-order valence-corrected chi connectivity index (χ0v) is 12.8. The predicted molar refractivity (Wildman–Crippen MR) is 86.9 cm³/mol. The highest BCUT2D eigenvalue weighted by Gasteiger charge is 2.14. The molecule has 0 unspecified atom stereocenters. The van der Waals surface area contributed by atoms with E-state index in [1.165, 1.54) is 23.8 Å². The van der Waals surface area contributed by atoms with Gasteiger partial charge in [0.25, 0.3) is 5.89 Å². The van der Waals surface area contributed by atoms with Crippen molar-refractivity contribution in [1.82, 2.24) is 4.98 Å². The van der Waals surface area contributed by atoms with Crippen LogP contribution in [0.5, 0.6) is 0 Å².